The molecule has 0 N–H and O–H groups in total. The summed E-state index contributed by atoms with van der Waals surface area (Å²) in [4.78, 5) is 13.2. The molecule has 1 saturated heterocycles. The van der Waals surface area contributed by atoms with Crippen LogP contribution in [0.4, 0.5) is 4.79 Å². The number of amides is 1. The molecule has 3 nitrogen and oxygen atoms in total. The van der Waals surface area contributed by atoms with E-state index in [1.807, 2.05) is 30.3 Å². The van der Waals surface area contributed by atoms with Crippen LogP contribution in [-0.2, 0) is 4.74 Å². The first kappa shape index (κ1) is 9.25. The van der Waals surface area contributed by atoms with Gasteiger partial charge in [-0.25, -0.2) is 4.79 Å². The molecule has 0 bridgehead atoms. The number of hydrogen-bond acceptors (Lipinski definition) is 2. The lowest BCUT2D eigenvalue weighted by atomic mass is 10.1. The van der Waals surface area contributed by atoms with Gasteiger partial charge >= 0.3 is 6.09 Å². The number of cyclic esters (lactones) is 1. The van der Waals surface area contributed by atoms with Crippen molar-refractivity contribution in [3.05, 3.63) is 53.9 Å². The Hall–Kier alpha value is -1.99. The Morgan fingerprint density at radius 1 is 1.62 bits per heavy atom. The van der Waals surface area contributed by atoms with E-state index in [1.165, 1.54) is 4.90 Å². The lowest BCUT2D eigenvalue weighted by Gasteiger charge is -2.20. The number of carbonyl (C=O) groups is 1. The molecule has 2 rings (SSSR count). The standard InChI is InChI=1S/C13H13NO2/c1-3-10(2)14-12(9-16-13(14)15)11-7-5-4-6-8-11/h4-8,12H,1,9H2,2H3/t12-/m0/s1/i1D/t3?,12-. The Morgan fingerprint density at radius 3 is 3.06 bits per heavy atom. The van der Waals surface area contributed by atoms with E-state index in [4.69, 9.17) is 6.11 Å². The molecule has 1 aromatic carbocycles. The fourth-order valence-corrected chi connectivity index (χ4v) is 1.78. The fraction of sp³-hybridized carbons (Fsp3) is 0.231. The minimum Gasteiger partial charge on any atom is -0.447 e. The van der Waals surface area contributed by atoms with Crippen molar-refractivity contribution in [3.63, 3.8) is 0 Å². The van der Waals surface area contributed by atoms with Crippen LogP contribution in [0.25, 0.3) is 0 Å². The zero-order valence-corrected chi connectivity index (χ0v) is 9.01. The summed E-state index contributed by atoms with van der Waals surface area (Å²) in [6, 6.07) is 9.56. The summed E-state index contributed by atoms with van der Waals surface area (Å²) in [5.74, 6) is 0. The molecule has 1 atom stereocenters. The molecule has 1 amide bonds. The molecule has 82 valence electrons. The number of carbonyl (C=O) groups excluding carboxylic acids is 1. The lowest BCUT2D eigenvalue weighted by molar-refractivity contribution is 0.164. The van der Waals surface area contributed by atoms with E-state index in [0.29, 0.717) is 12.3 Å². The Balaban J connectivity index is 2.35. The van der Waals surface area contributed by atoms with E-state index >= 15 is 0 Å². The lowest BCUT2D eigenvalue weighted by Crippen LogP contribution is -2.25. The molecule has 1 heterocycles. The second-order valence-corrected chi connectivity index (χ2v) is 3.60. The molecule has 0 saturated carbocycles. The third-order valence-corrected chi connectivity index (χ3v) is 2.63. The van der Waals surface area contributed by atoms with Crippen LogP contribution in [0.3, 0.4) is 0 Å². The number of nitrogens with zero attached hydrogens (tertiary/aromatic N) is 1. The van der Waals surface area contributed by atoms with Crippen LogP contribution in [0.2, 0.25) is 0 Å². The summed E-state index contributed by atoms with van der Waals surface area (Å²) in [7, 11) is 0. The fourth-order valence-electron chi connectivity index (χ4n) is 1.78. The molecule has 1 aliphatic rings. The normalized spacial score (nSPS) is 19.8. The predicted octanol–water partition coefficient (Wildman–Crippen LogP) is 2.87. The van der Waals surface area contributed by atoms with Crippen molar-refractivity contribution in [1.82, 2.24) is 4.90 Å². The van der Waals surface area contributed by atoms with Gasteiger partial charge in [-0.3, -0.25) is 4.90 Å². The van der Waals surface area contributed by atoms with Crippen molar-refractivity contribution in [1.29, 1.82) is 0 Å². The van der Waals surface area contributed by atoms with E-state index in [0.717, 1.165) is 12.1 Å². The Bertz CT molecular complexity index is 477. The van der Waals surface area contributed by atoms with Crippen molar-refractivity contribution in [2.24, 2.45) is 0 Å². The number of hydrogen-bond donors (Lipinski definition) is 0. The Kier molecular flexibility index (Phi) is 2.46. The third-order valence-electron chi connectivity index (χ3n) is 2.63. The second-order valence-electron chi connectivity index (χ2n) is 3.60. The van der Waals surface area contributed by atoms with Gasteiger partial charge in [-0.05, 0) is 12.5 Å². The van der Waals surface area contributed by atoms with Crippen LogP contribution < -0.4 is 0 Å². The van der Waals surface area contributed by atoms with Gasteiger partial charge in [-0.1, -0.05) is 36.9 Å². The molecular weight excluding hydrogens is 202 g/mol. The molecule has 0 aliphatic carbocycles. The maximum absolute atomic E-state index is 11.6. The molecule has 0 radical (unpaired) electrons. The SMILES string of the molecule is [2H]C=C=C(C)N1C(=O)OC[C@H]1c1ccccc1. The zero-order chi connectivity index (χ0) is 12.3. The molecule has 0 unspecified atom stereocenters. The first-order valence-corrected chi connectivity index (χ1v) is 5.05. The van der Waals surface area contributed by atoms with Crippen LogP contribution >= 0.6 is 0 Å². The Labute approximate surface area is 96.0 Å². The molecule has 1 aliphatic heterocycles. The summed E-state index contributed by atoms with van der Waals surface area (Å²) in [5.41, 5.74) is 4.31. The van der Waals surface area contributed by atoms with Gasteiger partial charge in [0, 0.05) is 0 Å². The van der Waals surface area contributed by atoms with Crippen molar-refractivity contribution < 1.29 is 10.9 Å². The number of allylic oxidation sites excluding steroid dienone is 1. The van der Waals surface area contributed by atoms with Gasteiger partial charge in [-0.2, -0.15) is 0 Å². The molecule has 1 fully saturated rings. The quantitative estimate of drug-likeness (QED) is 0.711. The van der Waals surface area contributed by atoms with E-state index in [2.05, 4.69) is 5.73 Å². The summed E-state index contributed by atoms with van der Waals surface area (Å²) in [5, 5.41) is 0. The molecular formula is C13H13NO2. The maximum Gasteiger partial charge on any atom is 0.415 e. The number of ether oxygens (including phenoxy) is 1. The van der Waals surface area contributed by atoms with Crippen LogP contribution in [0, 0.1) is 0 Å². The average molecular weight is 216 g/mol. The average Bonchev–Trinajstić information content (AvgIpc) is 2.73. The van der Waals surface area contributed by atoms with Crippen LogP contribution in [0.15, 0.2) is 48.3 Å². The van der Waals surface area contributed by atoms with Gasteiger partial charge in [0.2, 0.25) is 0 Å². The van der Waals surface area contributed by atoms with Crippen molar-refractivity contribution in [3.8, 4) is 0 Å². The molecule has 0 spiro atoms. The summed E-state index contributed by atoms with van der Waals surface area (Å²) in [6.45, 7) is 3.12. The van der Waals surface area contributed by atoms with Gasteiger partial charge in [0.15, 0.2) is 0 Å². The van der Waals surface area contributed by atoms with Crippen molar-refractivity contribution in [2.75, 3.05) is 6.61 Å². The highest BCUT2D eigenvalue weighted by Gasteiger charge is 2.34. The van der Waals surface area contributed by atoms with Gasteiger partial charge in [0.05, 0.1) is 13.1 Å². The Morgan fingerprint density at radius 2 is 2.38 bits per heavy atom. The maximum atomic E-state index is 11.6. The second kappa shape index (κ2) is 4.25. The smallest absolute Gasteiger partial charge is 0.415 e. The van der Waals surface area contributed by atoms with Crippen LogP contribution in [0.1, 0.15) is 19.9 Å². The largest absolute Gasteiger partial charge is 0.447 e. The minimum absolute atomic E-state index is 0.129. The summed E-state index contributed by atoms with van der Waals surface area (Å²) < 4.78 is 12.0. The zero-order valence-electron chi connectivity index (χ0n) is 10.0. The highest BCUT2D eigenvalue weighted by molar-refractivity contribution is 5.72. The van der Waals surface area contributed by atoms with E-state index in [-0.39, 0.29) is 12.1 Å². The van der Waals surface area contributed by atoms with E-state index in [1.54, 1.807) is 6.92 Å². The number of benzene rings is 1. The van der Waals surface area contributed by atoms with Gasteiger partial charge in [0.25, 0.3) is 0 Å². The van der Waals surface area contributed by atoms with Gasteiger partial charge in [-0.15, -0.1) is 5.73 Å². The molecule has 0 aromatic heterocycles. The van der Waals surface area contributed by atoms with Crippen molar-refractivity contribution in [2.45, 2.75) is 13.0 Å². The van der Waals surface area contributed by atoms with E-state index in [9.17, 15) is 4.79 Å². The minimum atomic E-state index is -0.384. The first-order chi connectivity index (χ1) is 8.24. The van der Waals surface area contributed by atoms with Crippen LogP contribution in [-0.4, -0.2) is 17.6 Å². The topological polar surface area (TPSA) is 29.5 Å². The van der Waals surface area contributed by atoms with Crippen LogP contribution in [0.5, 0.6) is 0 Å². The number of rotatable bonds is 2. The van der Waals surface area contributed by atoms with Gasteiger partial charge in [0.1, 0.15) is 6.61 Å². The highest BCUT2D eigenvalue weighted by Crippen LogP contribution is 2.30. The predicted molar refractivity (Wildman–Crippen MR) is 60.7 cm³/mol. The molecule has 16 heavy (non-hydrogen) atoms. The first-order valence-electron chi connectivity index (χ1n) is 5.63. The monoisotopic (exact) mass is 216 g/mol. The third kappa shape index (κ3) is 1.73. The van der Waals surface area contributed by atoms with Gasteiger partial charge < -0.3 is 4.74 Å². The molecule has 3 heteroatoms. The summed E-state index contributed by atoms with van der Waals surface area (Å²) in [6.07, 6.45) is -0.384. The highest BCUT2D eigenvalue weighted by atomic mass is 16.6. The van der Waals surface area contributed by atoms with Crippen molar-refractivity contribution >= 4 is 6.09 Å². The van der Waals surface area contributed by atoms with E-state index < -0.39 is 0 Å². The summed E-state index contributed by atoms with van der Waals surface area (Å²) >= 11 is 0. The molecule has 1 aromatic rings.